The Morgan fingerprint density at radius 2 is 1.82 bits per heavy atom. The van der Waals surface area contributed by atoms with E-state index in [2.05, 4.69) is 6.92 Å². The zero-order chi connectivity index (χ0) is 12.4. The van der Waals surface area contributed by atoms with Crippen molar-refractivity contribution in [2.45, 2.75) is 64.0 Å². The van der Waals surface area contributed by atoms with E-state index in [-0.39, 0.29) is 24.0 Å². The zero-order valence-electron chi connectivity index (χ0n) is 11.1. The Morgan fingerprint density at radius 3 is 2.41 bits per heavy atom. The zero-order valence-corrected chi connectivity index (χ0v) is 11.1. The van der Waals surface area contributed by atoms with Gasteiger partial charge >= 0.3 is 0 Å². The highest BCUT2D eigenvalue weighted by Crippen LogP contribution is 2.34. The van der Waals surface area contributed by atoms with Crippen molar-refractivity contribution < 1.29 is 9.90 Å². The molecule has 0 aliphatic heterocycles. The fraction of sp³-hybridized carbons (Fsp3) is 0.929. The Bertz CT molecular complexity index is 279. The van der Waals surface area contributed by atoms with Crippen LogP contribution in [0.3, 0.4) is 0 Å². The molecule has 0 aromatic rings. The summed E-state index contributed by atoms with van der Waals surface area (Å²) in [5.41, 5.74) is 0. The van der Waals surface area contributed by atoms with Crippen LogP contribution < -0.4 is 0 Å². The van der Waals surface area contributed by atoms with E-state index >= 15 is 0 Å². The summed E-state index contributed by atoms with van der Waals surface area (Å²) in [5, 5.41) is 10.0. The van der Waals surface area contributed by atoms with Gasteiger partial charge in [0, 0.05) is 13.0 Å². The van der Waals surface area contributed by atoms with Crippen molar-refractivity contribution in [3.05, 3.63) is 0 Å². The van der Waals surface area contributed by atoms with Gasteiger partial charge in [0.15, 0.2) is 0 Å². The molecule has 2 aliphatic carbocycles. The molecule has 2 fully saturated rings. The predicted octanol–water partition coefficient (Wildman–Crippen LogP) is 2.18. The normalized spacial score (nSPS) is 38.1. The quantitative estimate of drug-likeness (QED) is 0.802. The Labute approximate surface area is 104 Å². The molecular weight excluding hydrogens is 214 g/mol. The lowest BCUT2D eigenvalue weighted by atomic mass is 9.89. The second-order valence-electron chi connectivity index (χ2n) is 5.88. The van der Waals surface area contributed by atoms with Crippen LogP contribution >= 0.6 is 0 Å². The van der Waals surface area contributed by atoms with Crippen molar-refractivity contribution >= 4 is 5.91 Å². The first-order valence-corrected chi connectivity index (χ1v) is 7.06. The largest absolute Gasteiger partial charge is 0.391 e. The number of hydrogen-bond acceptors (Lipinski definition) is 2. The minimum Gasteiger partial charge on any atom is -0.391 e. The molecule has 0 bridgehead atoms. The fourth-order valence-electron chi connectivity index (χ4n) is 3.48. The summed E-state index contributed by atoms with van der Waals surface area (Å²) in [6.45, 7) is 2.18. The lowest BCUT2D eigenvalue weighted by Crippen LogP contribution is -2.48. The van der Waals surface area contributed by atoms with Gasteiger partial charge in [-0.05, 0) is 31.6 Å². The lowest BCUT2D eigenvalue weighted by molar-refractivity contribution is -0.140. The van der Waals surface area contributed by atoms with Crippen molar-refractivity contribution in [3.63, 3.8) is 0 Å². The van der Waals surface area contributed by atoms with E-state index in [1.165, 1.54) is 12.8 Å². The molecule has 0 aromatic heterocycles. The van der Waals surface area contributed by atoms with E-state index in [9.17, 15) is 9.90 Å². The molecule has 1 N–H and O–H groups in total. The third-order valence-corrected chi connectivity index (χ3v) is 4.72. The van der Waals surface area contributed by atoms with Crippen LogP contribution in [-0.2, 0) is 4.79 Å². The van der Waals surface area contributed by atoms with Crippen LogP contribution in [0.5, 0.6) is 0 Å². The van der Waals surface area contributed by atoms with Gasteiger partial charge in [-0.3, -0.25) is 4.79 Å². The van der Waals surface area contributed by atoms with Gasteiger partial charge in [0.05, 0.1) is 12.1 Å². The Kier molecular flexibility index (Phi) is 4.08. The second-order valence-corrected chi connectivity index (χ2v) is 5.88. The van der Waals surface area contributed by atoms with E-state index in [0.717, 1.165) is 32.1 Å². The monoisotopic (exact) mass is 239 g/mol. The van der Waals surface area contributed by atoms with Gasteiger partial charge in [-0.1, -0.05) is 26.2 Å². The summed E-state index contributed by atoms with van der Waals surface area (Å²) in [6, 6.07) is 0.0593. The van der Waals surface area contributed by atoms with Crippen molar-refractivity contribution in [1.29, 1.82) is 0 Å². The Morgan fingerprint density at radius 1 is 1.12 bits per heavy atom. The van der Waals surface area contributed by atoms with E-state index in [4.69, 9.17) is 0 Å². The molecule has 0 spiro atoms. The first-order valence-electron chi connectivity index (χ1n) is 7.06. The molecule has 2 aliphatic rings. The highest BCUT2D eigenvalue weighted by Gasteiger charge is 2.36. The van der Waals surface area contributed by atoms with Crippen LogP contribution in [0.4, 0.5) is 0 Å². The third kappa shape index (κ3) is 2.65. The summed E-state index contributed by atoms with van der Waals surface area (Å²) >= 11 is 0. The Hall–Kier alpha value is -0.570. The van der Waals surface area contributed by atoms with Crippen molar-refractivity contribution in [1.82, 2.24) is 4.90 Å². The second kappa shape index (κ2) is 5.38. The highest BCUT2D eigenvalue weighted by molar-refractivity contribution is 5.79. The van der Waals surface area contributed by atoms with E-state index in [1.54, 1.807) is 0 Å². The molecule has 17 heavy (non-hydrogen) atoms. The van der Waals surface area contributed by atoms with Crippen molar-refractivity contribution in [2.75, 3.05) is 7.05 Å². The van der Waals surface area contributed by atoms with Gasteiger partial charge in [-0.25, -0.2) is 0 Å². The summed E-state index contributed by atoms with van der Waals surface area (Å²) in [7, 11) is 1.88. The van der Waals surface area contributed by atoms with Gasteiger partial charge in [0.25, 0.3) is 0 Å². The minimum absolute atomic E-state index is 0.0593. The SMILES string of the molecule is CC1CCCC1C(=O)N(C)C1CCCCC1O. The summed E-state index contributed by atoms with van der Waals surface area (Å²) < 4.78 is 0. The molecule has 2 saturated carbocycles. The average Bonchev–Trinajstić information content (AvgIpc) is 2.74. The van der Waals surface area contributed by atoms with E-state index < -0.39 is 0 Å². The first kappa shape index (κ1) is 12.9. The summed E-state index contributed by atoms with van der Waals surface area (Å²) in [5.74, 6) is 0.987. The van der Waals surface area contributed by atoms with E-state index in [0.29, 0.717) is 5.92 Å². The molecule has 3 heteroatoms. The molecule has 0 saturated heterocycles. The predicted molar refractivity (Wildman–Crippen MR) is 67.5 cm³/mol. The molecule has 4 unspecified atom stereocenters. The summed E-state index contributed by atoms with van der Waals surface area (Å²) in [4.78, 5) is 14.3. The van der Waals surface area contributed by atoms with Crippen LogP contribution in [0.15, 0.2) is 0 Å². The molecule has 4 atom stereocenters. The number of nitrogens with zero attached hydrogens (tertiary/aromatic N) is 1. The van der Waals surface area contributed by atoms with Gasteiger partial charge in [0.2, 0.25) is 5.91 Å². The lowest BCUT2D eigenvalue weighted by Gasteiger charge is -2.37. The average molecular weight is 239 g/mol. The number of carbonyl (C=O) groups excluding carboxylic acids is 1. The fourth-order valence-corrected chi connectivity index (χ4v) is 3.48. The smallest absolute Gasteiger partial charge is 0.226 e. The minimum atomic E-state index is -0.311. The number of hydrogen-bond donors (Lipinski definition) is 1. The number of aliphatic hydroxyl groups excluding tert-OH is 1. The van der Waals surface area contributed by atoms with Gasteiger partial charge < -0.3 is 10.0 Å². The highest BCUT2D eigenvalue weighted by atomic mass is 16.3. The molecule has 1 amide bonds. The number of rotatable bonds is 2. The molecule has 0 radical (unpaired) electrons. The molecule has 0 aromatic carbocycles. The first-order chi connectivity index (χ1) is 8.11. The van der Waals surface area contributed by atoms with Crippen LogP contribution in [0.1, 0.15) is 51.9 Å². The number of carbonyl (C=O) groups is 1. The number of amides is 1. The van der Waals surface area contributed by atoms with Crippen LogP contribution in [0.25, 0.3) is 0 Å². The number of likely N-dealkylation sites (N-methyl/N-ethyl adjacent to an activating group) is 1. The summed E-state index contributed by atoms with van der Waals surface area (Å²) in [6.07, 6.45) is 7.13. The number of aliphatic hydroxyl groups is 1. The van der Waals surface area contributed by atoms with Gasteiger partial charge in [-0.15, -0.1) is 0 Å². The maximum absolute atomic E-state index is 12.4. The van der Waals surface area contributed by atoms with Crippen LogP contribution in [0, 0.1) is 11.8 Å². The van der Waals surface area contributed by atoms with Crippen molar-refractivity contribution in [2.24, 2.45) is 11.8 Å². The van der Waals surface area contributed by atoms with Gasteiger partial charge in [-0.2, -0.15) is 0 Å². The Balaban J connectivity index is 1.98. The topological polar surface area (TPSA) is 40.5 Å². The third-order valence-electron chi connectivity index (χ3n) is 4.72. The molecule has 2 rings (SSSR count). The molecule has 98 valence electrons. The molecular formula is C14H25NO2. The molecule has 3 nitrogen and oxygen atoms in total. The standard InChI is InChI=1S/C14H25NO2/c1-10-6-5-7-11(10)14(17)15(2)12-8-3-4-9-13(12)16/h10-13,16H,3-9H2,1-2H3. The molecule has 0 heterocycles. The maximum Gasteiger partial charge on any atom is 0.226 e. The van der Waals surface area contributed by atoms with Crippen LogP contribution in [0.2, 0.25) is 0 Å². The van der Waals surface area contributed by atoms with Crippen molar-refractivity contribution in [3.8, 4) is 0 Å². The van der Waals surface area contributed by atoms with Crippen LogP contribution in [-0.4, -0.2) is 35.1 Å². The van der Waals surface area contributed by atoms with E-state index in [1.807, 2.05) is 11.9 Å². The van der Waals surface area contributed by atoms with Gasteiger partial charge in [0.1, 0.15) is 0 Å². The maximum atomic E-state index is 12.4.